The summed E-state index contributed by atoms with van der Waals surface area (Å²) in [5.41, 5.74) is 4.34. The Balaban J connectivity index is 2.18. The van der Waals surface area contributed by atoms with E-state index in [1.54, 1.807) is 0 Å². The van der Waals surface area contributed by atoms with E-state index in [9.17, 15) is 9.90 Å². The van der Waals surface area contributed by atoms with Gasteiger partial charge in [-0.05, 0) is 79.3 Å². The minimum absolute atomic E-state index is 0.122. The molecule has 2 aromatic carbocycles. The van der Waals surface area contributed by atoms with Crippen LogP contribution in [0.15, 0.2) is 36.4 Å². The van der Waals surface area contributed by atoms with Gasteiger partial charge in [0.05, 0.1) is 12.7 Å². The molecule has 0 aliphatic carbocycles. The van der Waals surface area contributed by atoms with E-state index in [4.69, 9.17) is 14.6 Å². The maximum Gasteiger partial charge on any atom is 0.158 e. The first-order valence-corrected chi connectivity index (χ1v) is 13.3. The summed E-state index contributed by atoms with van der Waals surface area (Å²) in [5.74, 6) is 1.55. The van der Waals surface area contributed by atoms with Gasteiger partial charge in [0.15, 0.2) is 5.78 Å². The summed E-state index contributed by atoms with van der Waals surface area (Å²) in [7, 11) is 0. The summed E-state index contributed by atoms with van der Waals surface area (Å²) in [6.07, 6.45) is 3.29. The fourth-order valence-electron chi connectivity index (χ4n) is 4.56. The van der Waals surface area contributed by atoms with E-state index in [2.05, 4.69) is 58.0 Å². The Hall–Kier alpha value is -2.37. The number of aliphatic hydroxyl groups excluding tert-OH is 2. The number of carbonyl (C=O) groups excluding carboxylic acids is 1. The fourth-order valence-corrected chi connectivity index (χ4v) is 4.56. The topological polar surface area (TPSA) is 76.0 Å². The second-order valence-corrected chi connectivity index (χ2v) is 10.9. The number of benzene rings is 2. The maximum atomic E-state index is 11.2. The van der Waals surface area contributed by atoms with Crippen LogP contribution >= 0.6 is 0 Å². The molecule has 2 aromatic rings. The number of Topliss-reactive ketones (excluding diaryl/α,β-unsaturated/α-hetero) is 1. The van der Waals surface area contributed by atoms with Gasteiger partial charge < -0.3 is 19.7 Å². The third-order valence-electron chi connectivity index (χ3n) is 7.34. The van der Waals surface area contributed by atoms with E-state index in [1.807, 2.05) is 26.8 Å². The van der Waals surface area contributed by atoms with Gasteiger partial charge in [0.2, 0.25) is 0 Å². The Morgan fingerprint density at radius 1 is 0.889 bits per heavy atom. The number of carbonyl (C=O) groups is 1. The number of rotatable bonds is 14. The normalized spacial score (nSPS) is 12.9. The van der Waals surface area contributed by atoms with Crippen LogP contribution in [0.5, 0.6) is 11.5 Å². The highest BCUT2D eigenvalue weighted by Gasteiger charge is 2.32. The Morgan fingerprint density at radius 3 is 1.86 bits per heavy atom. The third-order valence-corrected chi connectivity index (χ3v) is 7.34. The number of ketones is 1. The molecule has 0 amide bonds. The van der Waals surface area contributed by atoms with Gasteiger partial charge in [-0.1, -0.05) is 58.9 Å². The first kappa shape index (κ1) is 29.9. The van der Waals surface area contributed by atoms with Crippen molar-refractivity contribution in [3.05, 3.63) is 58.7 Å². The zero-order valence-corrected chi connectivity index (χ0v) is 23.3. The van der Waals surface area contributed by atoms with E-state index in [-0.39, 0.29) is 29.8 Å². The number of hydrogen-bond acceptors (Lipinski definition) is 5. The number of aryl methyl sites for hydroxylation is 2. The van der Waals surface area contributed by atoms with Crippen molar-refractivity contribution in [1.82, 2.24) is 0 Å². The van der Waals surface area contributed by atoms with Gasteiger partial charge in [-0.2, -0.15) is 0 Å². The van der Waals surface area contributed by atoms with Gasteiger partial charge in [0, 0.05) is 11.8 Å². The average molecular weight is 499 g/mol. The molecule has 1 unspecified atom stereocenters. The molecule has 0 saturated heterocycles. The molecule has 200 valence electrons. The predicted octanol–water partition coefficient (Wildman–Crippen LogP) is 6.31. The summed E-state index contributed by atoms with van der Waals surface area (Å²) >= 11 is 0. The Labute approximate surface area is 217 Å². The molecule has 0 aliphatic rings. The molecule has 0 spiro atoms. The van der Waals surface area contributed by atoms with Crippen molar-refractivity contribution >= 4 is 5.78 Å². The van der Waals surface area contributed by atoms with Crippen molar-refractivity contribution in [1.29, 1.82) is 0 Å². The number of hydrogen-bond donors (Lipinski definition) is 2. The Kier molecular flexibility index (Phi) is 11.0. The molecule has 5 heteroatoms. The van der Waals surface area contributed by atoms with Gasteiger partial charge in [0.25, 0.3) is 0 Å². The zero-order chi connectivity index (χ0) is 26.9. The van der Waals surface area contributed by atoms with E-state index in [1.165, 1.54) is 11.1 Å². The van der Waals surface area contributed by atoms with Crippen LogP contribution in [0, 0.1) is 19.3 Å². The van der Waals surface area contributed by atoms with E-state index < -0.39 is 6.10 Å². The van der Waals surface area contributed by atoms with Crippen LogP contribution in [-0.2, 0) is 10.2 Å². The highest BCUT2D eigenvalue weighted by Crippen LogP contribution is 2.41. The molecule has 2 N–H and O–H groups in total. The molecular weight excluding hydrogens is 452 g/mol. The molecular formula is C31H46O5. The number of ether oxygens (including phenoxy) is 2. The summed E-state index contributed by atoms with van der Waals surface area (Å²) in [6.45, 7) is 15.1. The molecule has 0 aromatic heterocycles. The third kappa shape index (κ3) is 7.57. The lowest BCUT2D eigenvalue weighted by atomic mass is 9.70. The largest absolute Gasteiger partial charge is 0.493 e. The highest BCUT2D eigenvalue weighted by molar-refractivity contribution is 5.79. The molecule has 0 radical (unpaired) electrons. The number of aliphatic hydroxyl groups is 2. The molecule has 2 rings (SSSR count). The SMILES string of the molecule is CCC(CC)(c1ccc(OCCCCC(=O)CO)c(C)c1)c1ccc(OCC(O)C(C)(C)C)c(C)c1. The van der Waals surface area contributed by atoms with Crippen molar-refractivity contribution in [3.8, 4) is 11.5 Å². The van der Waals surface area contributed by atoms with Crippen LogP contribution < -0.4 is 9.47 Å². The van der Waals surface area contributed by atoms with Crippen molar-refractivity contribution in [2.45, 2.75) is 92.1 Å². The second kappa shape index (κ2) is 13.3. The standard InChI is InChI=1S/C31H46O5/c1-8-31(9-2,25-14-16-28(23(4)19-25)36-21-29(34)30(5,6)7)24-13-15-27(22(3)18-24)35-17-11-10-12-26(33)20-32/h13-16,18-19,29,32,34H,8-12,17,20-21H2,1-7H3. The molecule has 36 heavy (non-hydrogen) atoms. The van der Waals surface area contributed by atoms with Crippen LogP contribution in [-0.4, -0.2) is 41.9 Å². The van der Waals surface area contributed by atoms with E-state index >= 15 is 0 Å². The Morgan fingerprint density at radius 2 is 1.42 bits per heavy atom. The first-order valence-electron chi connectivity index (χ1n) is 13.3. The zero-order valence-electron chi connectivity index (χ0n) is 23.3. The molecule has 0 bridgehead atoms. The lowest BCUT2D eigenvalue weighted by molar-refractivity contribution is -0.121. The number of unbranched alkanes of at least 4 members (excludes halogenated alkanes) is 1. The molecule has 0 heterocycles. The average Bonchev–Trinajstić information content (AvgIpc) is 2.84. The van der Waals surface area contributed by atoms with Crippen LogP contribution in [0.2, 0.25) is 0 Å². The van der Waals surface area contributed by atoms with Crippen molar-refractivity contribution in [2.75, 3.05) is 19.8 Å². The van der Waals surface area contributed by atoms with Crippen LogP contribution in [0.25, 0.3) is 0 Å². The van der Waals surface area contributed by atoms with Gasteiger partial charge in [0.1, 0.15) is 24.7 Å². The molecule has 5 nitrogen and oxygen atoms in total. The van der Waals surface area contributed by atoms with Crippen LogP contribution in [0.1, 0.15) is 89.0 Å². The van der Waals surface area contributed by atoms with E-state index in [0.29, 0.717) is 13.0 Å². The second-order valence-electron chi connectivity index (χ2n) is 10.9. The molecule has 0 saturated carbocycles. The van der Waals surface area contributed by atoms with Crippen LogP contribution in [0.4, 0.5) is 0 Å². The quantitative estimate of drug-likeness (QED) is 0.299. The van der Waals surface area contributed by atoms with Gasteiger partial charge in [-0.15, -0.1) is 0 Å². The minimum Gasteiger partial charge on any atom is -0.493 e. The molecule has 0 fully saturated rings. The lowest BCUT2D eigenvalue weighted by Gasteiger charge is -2.34. The first-order chi connectivity index (χ1) is 17.0. The van der Waals surface area contributed by atoms with Crippen LogP contribution in [0.3, 0.4) is 0 Å². The van der Waals surface area contributed by atoms with Gasteiger partial charge in [-0.25, -0.2) is 0 Å². The lowest BCUT2D eigenvalue weighted by Crippen LogP contribution is -2.32. The summed E-state index contributed by atoms with van der Waals surface area (Å²) in [6, 6.07) is 12.9. The molecule has 1 atom stereocenters. The minimum atomic E-state index is -0.534. The monoisotopic (exact) mass is 498 g/mol. The smallest absolute Gasteiger partial charge is 0.158 e. The summed E-state index contributed by atoms with van der Waals surface area (Å²) < 4.78 is 12.0. The van der Waals surface area contributed by atoms with Crippen molar-refractivity contribution in [3.63, 3.8) is 0 Å². The highest BCUT2D eigenvalue weighted by atomic mass is 16.5. The maximum absolute atomic E-state index is 11.2. The fraction of sp³-hybridized carbons (Fsp3) is 0.581. The Bertz CT molecular complexity index is 985. The van der Waals surface area contributed by atoms with Crippen molar-refractivity contribution < 1.29 is 24.5 Å². The van der Waals surface area contributed by atoms with Gasteiger partial charge >= 0.3 is 0 Å². The van der Waals surface area contributed by atoms with Crippen molar-refractivity contribution in [2.24, 2.45) is 5.41 Å². The van der Waals surface area contributed by atoms with Gasteiger partial charge in [-0.3, -0.25) is 4.79 Å². The van der Waals surface area contributed by atoms with E-state index in [0.717, 1.165) is 48.3 Å². The summed E-state index contributed by atoms with van der Waals surface area (Å²) in [4.78, 5) is 11.2. The predicted molar refractivity (Wildman–Crippen MR) is 146 cm³/mol. The summed E-state index contributed by atoms with van der Waals surface area (Å²) in [5, 5.41) is 19.2. The molecule has 0 aliphatic heterocycles.